The van der Waals surface area contributed by atoms with Gasteiger partial charge in [0.1, 0.15) is 30.4 Å². The molecule has 0 aliphatic carbocycles. The lowest BCUT2D eigenvalue weighted by molar-refractivity contribution is -0.671. The average Bonchev–Trinajstić information content (AvgIpc) is 3.02. The van der Waals surface area contributed by atoms with Crippen molar-refractivity contribution in [2.75, 3.05) is 0 Å². The second-order valence-electron chi connectivity index (χ2n) is 5.32. The van der Waals surface area contributed by atoms with Gasteiger partial charge >= 0.3 is 0 Å². The lowest BCUT2D eigenvalue weighted by Gasteiger charge is -2.27. The zero-order valence-corrected chi connectivity index (χ0v) is 17.0. The molecule has 3 rings (SSSR count). The Morgan fingerprint density at radius 3 is 2.35 bits per heavy atom. The predicted octanol–water partition coefficient (Wildman–Crippen LogP) is 3.94. The largest absolute Gasteiger partial charge is 0.783 e. The molecule has 1 unspecified atom stereocenters. The van der Waals surface area contributed by atoms with Crippen molar-refractivity contribution in [2.45, 2.75) is 11.4 Å². The number of aryl methyl sites for hydroxylation is 1. The van der Waals surface area contributed by atoms with Crippen molar-refractivity contribution < 1.29 is 14.0 Å². The van der Waals surface area contributed by atoms with Crippen LogP contribution in [0.15, 0.2) is 96.9 Å². The number of nitrogens with zero attached hydrogens (tertiary/aromatic N) is 2. The number of aromatic nitrogens is 2. The van der Waals surface area contributed by atoms with Gasteiger partial charge in [0, 0.05) is 4.90 Å². The van der Waals surface area contributed by atoms with Crippen LogP contribution < -0.4 is 14.0 Å². The highest BCUT2D eigenvalue weighted by Gasteiger charge is 2.07. The Morgan fingerprint density at radius 1 is 1.19 bits per heavy atom. The van der Waals surface area contributed by atoms with Gasteiger partial charge in [0.2, 0.25) is 6.33 Å². The van der Waals surface area contributed by atoms with Crippen LogP contribution in [0.4, 0.5) is 0 Å². The third-order valence-corrected chi connectivity index (χ3v) is 6.65. The van der Waals surface area contributed by atoms with E-state index in [0.717, 1.165) is 22.8 Å². The Hall–Kier alpha value is -1.85. The first-order valence-corrected chi connectivity index (χ1v) is 12.0. The third-order valence-electron chi connectivity index (χ3n) is 3.08. The normalized spacial score (nSPS) is 12.4. The minimum absolute atomic E-state index is 0.536. The van der Waals surface area contributed by atoms with Crippen LogP contribution in [0.25, 0.3) is 0 Å². The van der Waals surface area contributed by atoms with Gasteiger partial charge in [-0.1, -0.05) is 72.2 Å². The van der Waals surface area contributed by atoms with Crippen LogP contribution in [0, 0.1) is 0 Å². The summed E-state index contributed by atoms with van der Waals surface area (Å²) in [5.41, 5.74) is -3.14. The molecule has 1 heterocycles. The van der Waals surface area contributed by atoms with Crippen LogP contribution in [0.3, 0.4) is 0 Å². The monoisotopic (exact) mass is 404 g/mol. The lowest BCUT2D eigenvalue weighted by atomic mass is 10.3. The molecule has 0 N–H and O–H groups in total. The summed E-state index contributed by atoms with van der Waals surface area (Å²) in [5.74, 6) is 0.536. The van der Waals surface area contributed by atoms with Gasteiger partial charge in [0.25, 0.3) is 0 Å². The smallest absolute Gasteiger partial charge is 0.243 e. The van der Waals surface area contributed by atoms with Crippen molar-refractivity contribution >= 4 is 28.9 Å². The molecule has 1 atom stereocenters. The van der Waals surface area contributed by atoms with E-state index in [1.807, 2.05) is 84.9 Å². The van der Waals surface area contributed by atoms with Crippen LogP contribution in [0.2, 0.25) is 0 Å². The molecule has 136 valence electrons. The maximum absolute atomic E-state index is 12.1. The molecule has 26 heavy (non-hydrogen) atoms. The van der Waals surface area contributed by atoms with Crippen molar-refractivity contribution in [1.82, 2.24) is 4.57 Å². The SMILES string of the molecule is C=CCn1cc[n+](C)c1.[O-]P(=S)(Oc1ccccc1)Sc1ccccc1. The predicted molar refractivity (Wildman–Crippen MR) is 109 cm³/mol. The molecular weight excluding hydrogens is 383 g/mol. The van der Waals surface area contributed by atoms with Crippen molar-refractivity contribution in [3.8, 4) is 5.75 Å². The van der Waals surface area contributed by atoms with E-state index in [9.17, 15) is 4.89 Å². The topological polar surface area (TPSA) is 41.1 Å². The molecule has 0 aliphatic rings. The van der Waals surface area contributed by atoms with E-state index in [1.54, 1.807) is 12.1 Å². The highest BCUT2D eigenvalue weighted by atomic mass is 32.9. The minimum Gasteiger partial charge on any atom is -0.783 e. The molecule has 0 spiro atoms. The number of hydrogen-bond acceptors (Lipinski definition) is 4. The van der Waals surface area contributed by atoms with Crippen molar-refractivity contribution in [3.05, 3.63) is 92.0 Å². The number of benzene rings is 2. The van der Waals surface area contributed by atoms with Crippen LogP contribution >= 0.6 is 17.1 Å². The highest BCUT2D eigenvalue weighted by molar-refractivity contribution is 8.67. The van der Waals surface area contributed by atoms with E-state index in [-0.39, 0.29) is 0 Å². The number of hydrogen-bond donors (Lipinski definition) is 0. The fourth-order valence-electron chi connectivity index (χ4n) is 2.00. The zero-order chi connectivity index (χ0) is 18.8. The molecule has 0 fully saturated rings. The van der Waals surface area contributed by atoms with E-state index in [0.29, 0.717) is 5.75 Å². The summed E-state index contributed by atoms with van der Waals surface area (Å²) in [6.45, 7) is 4.52. The van der Waals surface area contributed by atoms with Crippen molar-refractivity contribution in [3.63, 3.8) is 0 Å². The summed E-state index contributed by atoms with van der Waals surface area (Å²) in [7, 11) is 2.00. The molecule has 3 aromatic rings. The summed E-state index contributed by atoms with van der Waals surface area (Å²) < 4.78 is 9.41. The molecule has 0 bridgehead atoms. The van der Waals surface area contributed by atoms with E-state index in [4.69, 9.17) is 16.3 Å². The van der Waals surface area contributed by atoms with E-state index >= 15 is 0 Å². The minimum atomic E-state index is -3.14. The van der Waals surface area contributed by atoms with Gasteiger partial charge in [-0.2, -0.15) is 0 Å². The standard InChI is InChI=1S/C12H11O2PS2.C7H11N2/c13-15(16,14-11-7-3-1-4-8-11)17-12-9-5-2-6-10-12;1-3-4-9-6-5-8(2)7-9/h1-10H,(H,13,16);3,5-7H,1,4H2,2H3/q;+1/p-1. The van der Waals surface area contributed by atoms with Crippen molar-refractivity contribution in [2.24, 2.45) is 7.05 Å². The van der Waals surface area contributed by atoms with Gasteiger partial charge in [-0.05, 0) is 24.3 Å². The van der Waals surface area contributed by atoms with E-state index < -0.39 is 5.69 Å². The first kappa shape index (κ1) is 20.5. The molecule has 0 saturated heterocycles. The van der Waals surface area contributed by atoms with Crippen LogP contribution in [-0.2, 0) is 25.4 Å². The Labute approximate surface area is 163 Å². The zero-order valence-electron chi connectivity index (χ0n) is 14.5. The maximum atomic E-state index is 12.1. The number of allylic oxidation sites excluding steroid dienone is 1. The Balaban J connectivity index is 0.000000228. The second-order valence-corrected chi connectivity index (χ2v) is 11.2. The third kappa shape index (κ3) is 7.58. The molecular formula is C19H21N2O2PS2. The van der Waals surface area contributed by atoms with E-state index in [2.05, 4.69) is 11.1 Å². The fourth-order valence-corrected chi connectivity index (χ4v) is 5.50. The first-order valence-electron chi connectivity index (χ1n) is 7.91. The molecule has 1 aromatic heterocycles. The number of para-hydroxylation sites is 1. The van der Waals surface area contributed by atoms with Crippen LogP contribution in [-0.4, -0.2) is 4.57 Å². The molecule has 0 amide bonds. The molecule has 7 heteroatoms. The fraction of sp³-hybridized carbons (Fsp3) is 0.105. The van der Waals surface area contributed by atoms with Crippen LogP contribution in [0.5, 0.6) is 5.75 Å². The van der Waals surface area contributed by atoms with Gasteiger partial charge in [-0.3, -0.25) is 0 Å². The van der Waals surface area contributed by atoms with Crippen molar-refractivity contribution in [1.29, 1.82) is 0 Å². The average molecular weight is 404 g/mol. The highest BCUT2D eigenvalue weighted by Crippen LogP contribution is 2.55. The summed E-state index contributed by atoms with van der Waals surface area (Å²) in [4.78, 5) is 13.0. The van der Waals surface area contributed by atoms with Gasteiger partial charge in [-0.25, -0.2) is 9.13 Å². The van der Waals surface area contributed by atoms with Gasteiger partial charge in [-0.15, -0.1) is 0 Å². The van der Waals surface area contributed by atoms with Gasteiger partial charge in [0.05, 0.1) is 7.05 Å². The first-order chi connectivity index (χ1) is 12.5. The Bertz CT molecular complexity index is 809. The Kier molecular flexibility index (Phi) is 8.13. The van der Waals surface area contributed by atoms with Crippen LogP contribution in [0.1, 0.15) is 0 Å². The summed E-state index contributed by atoms with van der Waals surface area (Å²) in [5, 5.41) is 0. The summed E-state index contributed by atoms with van der Waals surface area (Å²) in [6.07, 6.45) is 7.91. The number of imidazole rings is 1. The molecule has 4 nitrogen and oxygen atoms in total. The summed E-state index contributed by atoms with van der Waals surface area (Å²) >= 11 is 6.09. The molecule has 2 aromatic carbocycles. The molecule has 0 radical (unpaired) electrons. The Morgan fingerprint density at radius 2 is 1.81 bits per heavy atom. The van der Waals surface area contributed by atoms with E-state index in [1.165, 1.54) is 0 Å². The molecule has 0 aliphatic heterocycles. The number of rotatable bonds is 6. The van der Waals surface area contributed by atoms with Gasteiger partial charge < -0.3 is 9.42 Å². The quantitative estimate of drug-likeness (QED) is 0.355. The second kappa shape index (κ2) is 10.3. The lowest BCUT2D eigenvalue weighted by Crippen LogP contribution is -2.23. The van der Waals surface area contributed by atoms with Gasteiger partial charge in [0.15, 0.2) is 0 Å². The molecule has 0 saturated carbocycles. The summed E-state index contributed by atoms with van der Waals surface area (Å²) in [6, 6.07) is 18.4. The maximum Gasteiger partial charge on any atom is 0.243 e.